The van der Waals surface area contributed by atoms with E-state index in [9.17, 15) is 15.0 Å². The molecule has 0 heterocycles. The molecule has 1 rings (SSSR count). The monoisotopic (exact) mass is 258 g/mol. The molecule has 5 heteroatoms. The van der Waals surface area contributed by atoms with Gasteiger partial charge < -0.3 is 14.9 Å². The number of aryl methyl sites for hydroxylation is 1. The summed E-state index contributed by atoms with van der Waals surface area (Å²) < 4.78 is 4.42. The van der Waals surface area contributed by atoms with Gasteiger partial charge in [-0.15, -0.1) is 0 Å². The van der Waals surface area contributed by atoms with E-state index in [1.165, 1.54) is 7.11 Å². The zero-order chi connectivity index (χ0) is 13.0. The number of esters is 1. The van der Waals surface area contributed by atoms with Crippen LogP contribution in [0.1, 0.15) is 23.7 Å². The molecule has 0 aromatic heterocycles. The van der Waals surface area contributed by atoms with Crippen LogP contribution in [0.5, 0.6) is 0 Å². The fourth-order valence-electron chi connectivity index (χ4n) is 1.58. The summed E-state index contributed by atoms with van der Waals surface area (Å²) >= 11 is 5.95. The Morgan fingerprint density at radius 1 is 1.47 bits per heavy atom. The van der Waals surface area contributed by atoms with Crippen molar-refractivity contribution in [2.75, 3.05) is 7.11 Å². The summed E-state index contributed by atoms with van der Waals surface area (Å²) in [6, 6.07) is 5.15. The number of rotatable bonds is 4. The predicted molar refractivity (Wildman–Crippen MR) is 63.8 cm³/mol. The first kappa shape index (κ1) is 14.0. The molecule has 4 nitrogen and oxygen atoms in total. The maximum absolute atomic E-state index is 11.0. The number of ether oxygens (including phenoxy) is 1. The van der Waals surface area contributed by atoms with Gasteiger partial charge in [-0.25, -0.2) is 0 Å². The molecule has 0 saturated carbocycles. The molecular formula is C12H15ClO4. The van der Waals surface area contributed by atoms with Crippen LogP contribution in [0.15, 0.2) is 18.2 Å². The minimum atomic E-state index is -1.24. The van der Waals surface area contributed by atoms with E-state index in [-0.39, 0.29) is 6.42 Å². The lowest BCUT2D eigenvalue weighted by atomic mass is 9.98. The van der Waals surface area contributed by atoms with Crippen molar-refractivity contribution in [1.82, 2.24) is 0 Å². The molecule has 0 aliphatic heterocycles. The Kier molecular flexibility index (Phi) is 4.93. The van der Waals surface area contributed by atoms with Crippen LogP contribution in [0.4, 0.5) is 0 Å². The maximum Gasteiger partial charge on any atom is 0.308 e. The van der Waals surface area contributed by atoms with Crippen LogP contribution in [0, 0.1) is 6.92 Å². The first-order valence-corrected chi connectivity index (χ1v) is 5.53. The van der Waals surface area contributed by atoms with Gasteiger partial charge in [0.1, 0.15) is 6.10 Å². The van der Waals surface area contributed by atoms with Crippen LogP contribution in [-0.2, 0) is 9.53 Å². The summed E-state index contributed by atoms with van der Waals surface area (Å²) in [7, 11) is 1.22. The lowest BCUT2D eigenvalue weighted by Crippen LogP contribution is -2.23. The molecule has 0 saturated heterocycles. The zero-order valence-corrected chi connectivity index (χ0v) is 10.4. The second-order valence-corrected chi connectivity index (χ2v) is 4.17. The largest absolute Gasteiger partial charge is 0.469 e. The molecule has 0 amide bonds. The van der Waals surface area contributed by atoms with Gasteiger partial charge in [0.15, 0.2) is 0 Å². The van der Waals surface area contributed by atoms with Crippen molar-refractivity contribution in [3.8, 4) is 0 Å². The van der Waals surface area contributed by atoms with E-state index in [1.807, 2.05) is 0 Å². The van der Waals surface area contributed by atoms with Crippen molar-refractivity contribution in [3.63, 3.8) is 0 Å². The van der Waals surface area contributed by atoms with E-state index < -0.39 is 18.2 Å². The minimum Gasteiger partial charge on any atom is -0.469 e. The third-order valence-electron chi connectivity index (χ3n) is 2.53. The van der Waals surface area contributed by atoms with E-state index >= 15 is 0 Å². The SMILES string of the molecule is COC(=O)CC(O)C(O)c1c(C)cccc1Cl. The Balaban J connectivity index is 2.88. The number of methoxy groups -OCH3 is 1. The number of hydrogen-bond donors (Lipinski definition) is 2. The molecule has 0 bridgehead atoms. The van der Waals surface area contributed by atoms with Crippen LogP contribution < -0.4 is 0 Å². The summed E-state index contributed by atoms with van der Waals surface area (Å²) in [6.07, 6.45) is -2.72. The van der Waals surface area contributed by atoms with Gasteiger partial charge in [-0.1, -0.05) is 23.7 Å². The van der Waals surface area contributed by atoms with Crippen LogP contribution in [-0.4, -0.2) is 29.4 Å². The summed E-state index contributed by atoms with van der Waals surface area (Å²) in [5, 5.41) is 20.0. The van der Waals surface area contributed by atoms with Gasteiger partial charge in [-0.2, -0.15) is 0 Å². The van der Waals surface area contributed by atoms with Crippen LogP contribution in [0.2, 0.25) is 5.02 Å². The zero-order valence-electron chi connectivity index (χ0n) is 9.68. The van der Waals surface area contributed by atoms with E-state index in [1.54, 1.807) is 25.1 Å². The van der Waals surface area contributed by atoms with Gasteiger partial charge in [0.25, 0.3) is 0 Å². The number of benzene rings is 1. The highest BCUT2D eigenvalue weighted by Gasteiger charge is 2.24. The van der Waals surface area contributed by atoms with E-state index in [0.29, 0.717) is 10.6 Å². The molecule has 17 heavy (non-hydrogen) atoms. The smallest absolute Gasteiger partial charge is 0.308 e. The topological polar surface area (TPSA) is 66.8 Å². The van der Waals surface area contributed by atoms with Crippen molar-refractivity contribution in [2.45, 2.75) is 25.6 Å². The quantitative estimate of drug-likeness (QED) is 0.805. The van der Waals surface area contributed by atoms with Gasteiger partial charge in [-0.3, -0.25) is 4.79 Å². The molecule has 1 aromatic rings. The molecular weight excluding hydrogens is 244 g/mol. The summed E-state index contributed by atoms with van der Waals surface area (Å²) in [6.45, 7) is 1.77. The van der Waals surface area contributed by atoms with Crippen molar-refractivity contribution in [3.05, 3.63) is 34.3 Å². The average molecular weight is 259 g/mol. The van der Waals surface area contributed by atoms with Crippen LogP contribution in [0.3, 0.4) is 0 Å². The van der Waals surface area contributed by atoms with Gasteiger partial charge in [-0.05, 0) is 18.6 Å². The Labute approximate surface area is 105 Å². The highest BCUT2D eigenvalue weighted by molar-refractivity contribution is 6.31. The standard InChI is InChI=1S/C12H15ClO4/c1-7-4-3-5-8(13)11(7)12(16)9(14)6-10(15)17-2/h3-5,9,12,14,16H,6H2,1-2H3. The molecule has 2 atom stereocenters. The van der Waals surface area contributed by atoms with E-state index in [4.69, 9.17) is 11.6 Å². The fraction of sp³-hybridized carbons (Fsp3) is 0.417. The van der Waals surface area contributed by atoms with Gasteiger partial charge in [0.2, 0.25) is 0 Å². The Hall–Kier alpha value is -1.10. The van der Waals surface area contributed by atoms with E-state index in [2.05, 4.69) is 4.74 Å². The predicted octanol–water partition coefficient (Wildman–Crippen LogP) is 1.61. The third-order valence-corrected chi connectivity index (χ3v) is 2.86. The summed E-state index contributed by atoms with van der Waals surface area (Å²) in [4.78, 5) is 11.0. The van der Waals surface area contributed by atoms with Gasteiger partial charge in [0, 0.05) is 10.6 Å². The molecule has 0 radical (unpaired) electrons. The molecule has 0 aliphatic carbocycles. The van der Waals surface area contributed by atoms with Crippen LogP contribution in [0.25, 0.3) is 0 Å². The van der Waals surface area contributed by atoms with Crippen LogP contribution >= 0.6 is 11.6 Å². The highest BCUT2D eigenvalue weighted by atomic mass is 35.5. The van der Waals surface area contributed by atoms with Crippen molar-refractivity contribution >= 4 is 17.6 Å². The Morgan fingerprint density at radius 3 is 2.65 bits per heavy atom. The van der Waals surface area contributed by atoms with Crippen molar-refractivity contribution in [2.24, 2.45) is 0 Å². The first-order valence-electron chi connectivity index (χ1n) is 5.15. The first-order chi connectivity index (χ1) is 7.97. The lowest BCUT2D eigenvalue weighted by molar-refractivity contribution is -0.144. The molecule has 94 valence electrons. The molecule has 0 fully saturated rings. The maximum atomic E-state index is 11.0. The van der Waals surface area contributed by atoms with Gasteiger partial charge in [0.05, 0.1) is 19.6 Å². The number of hydrogen-bond acceptors (Lipinski definition) is 4. The van der Waals surface area contributed by atoms with Crippen molar-refractivity contribution in [1.29, 1.82) is 0 Å². The number of aliphatic hydroxyl groups excluding tert-OH is 2. The van der Waals surface area contributed by atoms with Crippen molar-refractivity contribution < 1.29 is 19.7 Å². The molecule has 2 N–H and O–H groups in total. The highest BCUT2D eigenvalue weighted by Crippen LogP contribution is 2.29. The number of aliphatic hydroxyl groups is 2. The number of halogens is 1. The molecule has 2 unspecified atom stereocenters. The minimum absolute atomic E-state index is 0.275. The van der Waals surface area contributed by atoms with Gasteiger partial charge >= 0.3 is 5.97 Å². The second-order valence-electron chi connectivity index (χ2n) is 3.76. The second kappa shape index (κ2) is 6.00. The van der Waals surface area contributed by atoms with E-state index in [0.717, 1.165) is 5.56 Å². The Bertz CT molecular complexity index is 385. The normalized spacial score (nSPS) is 14.2. The number of carbonyl (C=O) groups is 1. The summed E-state index contributed by atoms with van der Waals surface area (Å²) in [5.74, 6) is -0.582. The molecule has 0 spiro atoms. The molecule has 0 aliphatic rings. The number of carbonyl (C=O) groups excluding carboxylic acids is 1. The lowest BCUT2D eigenvalue weighted by Gasteiger charge is -2.20. The Morgan fingerprint density at radius 2 is 2.12 bits per heavy atom. The fourth-order valence-corrected chi connectivity index (χ4v) is 1.91. The molecule has 1 aromatic carbocycles. The average Bonchev–Trinajstić information content (AvgIpc) is 2.28. The third kappa shape index (κ3) is 3.43. The summed E-state index contributed by atoms with van der Waals surface area (Å²) in [5.41, 5.74) is 1.19.